The van der Waals surface area contributed by atoms with Gasteiger partial charge in [-0.3, -0.25) is 4.79 Å². The third kappa shape index (κ3) is 4.30. The molecule has 0 aliphatic carbocycles. The van der Waals surface area contributed by atoms with Gasteiger partial charge in [-0.1, -0.05) is 56.3 Å². The summed E-state index contributed by atoms with van der Waals surface area (Å²) < 4.78 is 5.83. The van der Waals surface area contributed by atoms with E-state index in [2.05, 4.69) is 50.4 Å². The molecule has 0 atom stereocenters. The smallest absolute Gasteiger partial charge is 0.255 e. The number of carbonyl (C=O) groups excluding carboxylic acids is 1. The van der Waals surface area contributed by atoms with Crippen LogP contribution in [0.25, 0.3) is 11.6 Å². The van der Waals surface area contributed by atoms with E-state index in [9.17, 15) is 4.79 Å². The van der Waals surface area contributed by atoms with E-state index in [4.69, 9.17) is 4.74 Å². The molecule has 0 saturated carbocycles. The van der Waals surface area contributed by atoms with E-state index in [1.54, 1.807) is 0 Å². The van der Waals surface area contributed by atoms with Crippen molar-refractivity contribution in [2.75, 3.05) is 11.9 Å². The second-order valence-corrected chi connectivity index (χ2v) is 8.46. The molecule has 0 bridgehead atoms. The summed E-state index contributed by atoms with van der Waals surface area (Å²) in [5.41, 5.74) is 6.27. The second kappa shape index (κ2) is 8.19. The van der Waals surface area contributed by atoms with Crippen molar-refractivity contribution < 1.29 is 9.53 Å². The molecule has 0 aromatic heterocycles. The van der Waals surface area contributed by atoms with E-state index < -0.39 is 0 Å². The lowest BCUT2D eigenvalue weighted by molar-refractivity contribution is 0.102. The van der Waals surface area contributed by atoms with Crippen LogP contribution in [0.3, 0.4) is 0 Å². The maximum atomic E-state index is 12.4. The molecule has 0 radical (unpaired) electrons. The van der Waals surface area contributed by atoms with Crippen LogP contribution in [0.5, 0.6) is 5.75 Å². The summed E-state index contributed by atoms with van der Waals surface area (Å²) in [6.07, 6.45) is 3.18. The molecular weight excluding hydrogens is 370 g/mol. The number of hydrogen-bond acceptors (Lipinski definition) is 2. The summed E-state index contributed by atoms with van der Waals surface area (Å²) in [6.45, 7) is 7.44. The molecule has 1 amide bonds. The number of para-hydroxylation sites is 1. The monoisotopic (exact) mass is 397 g/mol. The van der Waals surface area contributed by atoms with Crippen molar-refractivity contribution in [2.45, 2.75) is 32.6 Å². The predicted molar refractivity (Wildman–Crippen MR) is 124 cm³/mol. The Morgan fingerprint density at radius 1 is 0.967 bits per heavy atom. The van der Waals surface area contributed by atoms with Crippen LogP contribution >= 0.6 is 0 Å². The fourth-order valence-corrected chi connectivity index (χ4v) is 3.77. The number of rotatable bonds is 4. The predicted octanol–water partition coefficient (Wildman–Crippen LogP) is 6.56. The van der Waals surface area contributed by atoms with Crippen molar-refractivity contribution in [3.63, 3.8) is 0 Å². The highest BCUT2D eigenvalue weighted by Crippen LogP contribution is 2.39. The molecule has 0 unspecified atom stereocenters. The Bertz CT molecular complexity index is 1080. The lowest BCUT2D eigenvalue weighted by atomic mass is 9.79. The van der Waals surface area contributed by atoms with Crippen LogP contribution in [0, 0.1) is 0 Å². The third-order valence-electron chi connectivity index (χ3n) is 5.74. The number of hydrogen-bond donors (Lipinski definition) is 1. The molecule has 30 heavy (non-hydrogen) atoms. The zero-order chi connectivity index (χ0) is 21.1. The van der Waals surface area contributed by atoms with Crippen molar-refractivity contribution in [1.29, 1.82) is 0 Å². The number of fused-ring (bicyclic) bond motifs is 1. The fourth-order valence-electron chi connectivity index (χ4n) is 3.77. The topological polar surface area (TPSA) is 38.3 Å². The van der Waals surface area contributed by atoms with Gasteiger partial charge < -0.3 is 10.1 Å². The van der Waals surface area contributed by atoms with Crippen LogP contribution in [0.1, 0.15) is 54.2 Å². The van der Waals surface area contributed by atoms with Crippen molar-refractivity contribution in [2.24, 2.45) is 0 Å². The molecule has 152 valence electrons. The van der Waals surface area contributed by atoms with E-state index in [0.717, 1.165) is 30.0 Å². The molecule has 3 aromatic carbocycles. The molecule has 3 heteroatoms. The van der Waals surface area contributed by atoms with Gasteiger partial charge in [0.2, 0.25) is 0 Å². The number of anilines is 1. The number of carbonyl (C=O) groups is 1. The Morgan fingerprint density at radius 3 is 2.40 bits per heavy atom. The number of allylic oxidation sites excluding steroid dienone is 1. The van der Waals surface area contributed by atoms with Gasteiger partial charge in [0.25, 0.3) is 5.91 Å². The Kier molecular flexibility index (Phi) is 5.45. The number of amides is 1. The standard InChI is InChI=1S/C27H27NO2/c1-19(22-13-14-25-24(18-22)27(2,3)15-16-30-25)17-20-9-11-21(12-10-20)26(29)28-23-7-5-4-6-8-23/h4-14,17-18H,15-16H2,1-3H3,(H,28,29). The van der Waals surface area contributed by atoms with E-state index in [-0.39, 0.29) is 11.3 Å². The lowest BCUT2D eigenvalue weighted by Gasteiger charge is -2.32. The summed E-state index contributed by atoms with van der Waals surface area (Å²) in [7, 11) is 0. The van der Waals surface area contributed by atoms with E-state index in [1.165, 1.54) is 16.7 Å². The average molecular weight is 398 g/mol. The minimum Gasteiger partial charge on any atom is -0.493 e. The molecule has 1 heterocycles. The van der Waals surface area contributed by atoms with E-state index >= 15 is 0 Å². The summed E-state index contributed by atoms with van der Waals surface area (Å²) in [6, 6.07) is 23.6. The molecule has 0 spiro atoms. The van der Waals surface area contributed by atoms with Crippen molar-refractivity contribution in [3.8, 4) is 5.75 Å². The summed E-state index contributed by atoms with van der Waals surface area (Å²) in [5, 5.41) is 2.91. The SMILES string of the molecule is CC(=Cc1ccc(C(=O)Nc2ccccc2)cc1)c1ccc2c(c1)C(C)(C)CCO2. The second-order valence-electron chi connectivity index (χ2n) is 8.46. The molecule has 1 aliphatic rings. The van der Waals surface area contributed by atoms with Crippen molar-refractivity contribution >= 4 is 23.2 Å². The molecule has 0 saturated heterocycles. The highest BCUT2D eigenvalue weighted by molar-refractivity contribution is 6.04. The van der Waals surface area contributed by atoms with Gasteiger partial charge in [0.1, 0.15) is 5.75 Å². The highest BCUT2D eigenvalue weighted by Gasteiger charge is 2.28. The van der Waals surface area contributed by atoms with Gasteiger partial charge in [-0.15, -0.1) is 0 Å². The molecular formula is C27H27NO2. The first-order chi connectivity index (χ1) is 14.4. The maximum absolute atomic E-state index is 12.4. The number of ether oxygens (including phenoxy) is 1. The molecule has 1 N–H and O–H groups in total. The first-order valence-electron chi connectivity index (χ1n) is 10.3. The number of nitrogens with one attached hydrogen (secondary N) is 1. The summed E-state index contributed by atoms with van der Waals surface area (Å²) in [5.74, 6) is 0.891. The van der Waals surface area contributed by atoms with Gasteiger partial charge in [-0.05, 0) is 71.9 Å². The third-order valence-corrected chi connectivity index (χ3v) is 5.74. The van der Waals surface area contributed by atoms with E-state index in [0.29, 0.717) is 5.56 Å². The fraction of sp³-hybridized carbons (Fsp3) is 0.222. The molecule has 4 rings (SSSR count). The Morgan fingerprint density at radius 2 is 1.67 bits per heavy atom. The molecule has 3 aromatic rings. The Balaban J connectivity index is 1.52. The molecule has 0 fully saturated rings. The average Bonchev–Trinajstić information content (AvgIpc) is 2.74. The van der Waals surface area contributed by atoms with Gasteiger partial charge in [-0.25, -0.2) is 0 Å². The van der Waals surface area contributed by atoms with Gasteiger partial charge in [0, 0.05) is 16.8 Å². The Hall–Kier alpha value is -3.33. The van der Waals surface area contributed by atoms with Crippen LogP contribution in [0.15, 0.2) is 72.8 Å². The van der Waals surface area contributed by atoms with Crippen LogP contribution in [-0.4, -0.2) is 12.5 Å². The number of benzene rings is 3. The van der Waals surface area contributed by atoms with Crippen LogP contribution in [-0.2, 0) is 5.41 Å². The first-order valence-corrected chi connectivity index (χ1v) is 10.3. The van der Waals surface area contributed by atoms with Crippen LogP contribution in [0.2, 0.25) is 0 Å². The zero-order valence-electron chi connectivity index (χ0n) is 17.7. The molecule has 1 aliphatic heterocycles. The summed E-state index contributed by atoms with van der Waals surface area (Å²) >= 11 is 0. The van der Waals surface area contributed by atoms with Crippen molar-refractivity contribution in [1.82, 2.24) is 0 Å². The van der Waals surface area contributed by atoms with Gasteiger partial charge in [0.15, 0.2) is 0 Å². The van der Waals surface area contributed by atoms with Gasteiger partial charge >= 0.3 is 0 Å². The maximum Gasteiger partial charge on any atom is 0.255 e. The van der Waals surface area contributed by atoms with Gasteiger partial charge in [0.05, 0.1) is 6.61 Å². The van der Waals surface area contributed by atoms with E-state index in [1.807, 2.05) is 54.6 Å². The van der Waals surface area contributed by atoms with Crippen LogP contribution < -0.4 is 10.1 Å². The zero-order valence-corrected chi connectivity index (χ0v) is 17.7. The minimum absolute atomic E-state index is 0.106. The largest absolute Gasteiger partial charge is 0.493 e. The lowest BCUT2D eigenvalue weighted by Crippen LogP contribution is -2.26. The van der Waals surface area contributed by atoms with Gasteiger partial charge in [-0.2, -0.15) is 0 Å². The van der Waals surface area contributed by atoms with Crippen molar-refractivity contribution in [3.05, 3.63) is 95.1 Å². The Labute approximate surface area is 178 Å². The van der Waals surface area contributed by atoms with Crippen LogP contribution in [0.4, 0.5) is 5.69 Å². The normalized spacial score (nSPS) is 15.1. The quantitative estimate of drug-likeness (QED) is 0.506. The first kappa shape index (κ1) is 20.0. The summed E-state index contributed by atoms with van der Waals surface area (Å²) in [4.78, 5) is 12.4. The highest BCUT2D eigenvalue weighted by atomic mass is 16.5. The minimum atomic E-state index is -0.106. The molecule has 3 nitrogen and oxygen atoms in total.